The van der Waals surface area contributed by atoms with Crippen molar-refractivity contribution in [2.24, 2.45) is 23.2 Å². The summed E-state index contributed by atoms with van der Waals surface area (Å²) < 4.78 is 0. The van der Waals surface area contributed by atoms with Crippen LogP contribution in [-0.4, -0.2) is 23.9 Å². The van der Waals surface area contributed by atoms with Gasteiger partial charge in [0.2, 0.25) is 5.91 Å². The number of hydrogen-bond acceptors (Lipinski definition) is 1. The zero-order valence-corrected chi connectivity index (χ0v) is 23.1. The second kappa shape index (κ2) is 16.2. The van der Waals surface area contributed by atoms with Crippen LogP contribution in [0.3, 0.4) is 0 Å². The molecule has 1 aliphatic heterocycles. The Bertz CT molecular complexity index is 491. The zero-order chi connectivity index (χ0) is 23.9. The average Bonchev–Trinajstić information content (AvgIpc) is 2.81. The molecule has 0 aromatic carbocycles. The largest absolute Gasteiger partial charge is 0.342 e. The van der Waals surface area contributed by atoms with Gasteiger partial charge >= 0.3 is 0 Å². The predicted octanol–water partition coefficient (Wildman–Crippen LogP) is 9.56. The van der Waals surface area contributed by atoms with Crippen LogP contribution in [0.4, 0.5) is 0 Å². The normalized spacial score (nSPS) is 19.2. The topological polar surface area (TPSA) is 20.3 Å². The number of amides is 1. The summed E-state index contributed by atoms with van der Waals surface area (Å²) in [6.07, 6.45) is 26.8. The Balaban J connectivity index is 1.75. The van der Waals surface area contributed by atoms with Crippen molar-refractivity contribution in [1.29, 1.82) is 0 Å². The van der Waals surface area contributed by atoms with Gasteiger partial charge < -0.3 is 4.90 Å². The molecule has 1 spiro atoms. The standard InChI is InChI=1S/C31H59NO/c1-5-9-13-15-17-27(16-14-10-6-2)24-28-25-31(26-28)20-22-32(23-21-31)30(33)29(18-11-7-3)19-12-8-4/h27-29H,5-26H2,1-4H3. The van der Waals surface area contributed by atoms with Crippen LogP contribution in [0.25, 0.3) is 0 Å². The van der Waals surface area contributed by atoms with Crippen molar-refractivity contribution >= 4 is 5.91 Å². The summed E-state index contributed by atoms with van der Waals surface area (Å²) in [4.78, 5) is 15.5. The van der Waals surface area contributed by atoms with Gasteiger partial charge in [-0.3, -0.25) is 4.79 Å². The Labute approximate surface area is 208 Å². The van der Waals surface area contributed by atoms with E-state index in [1.54, 1.807) is 0 Å². The maximum absolute atomic E-state index is 13.2. The second-order valence-electron chi connectivity index (χ2n) is 12.0. The van der Waals surface area contributed by atoms with Gasteiger partial charge in [0.25, 0.3) is 0 Å². The molecule has 2 fully saturated rings. The van der Waals surface area contributed by atoms with Gasteiger partial charge in [0.15, 0.2) is 0 Å². The molecule has 1 unspecified atom stereocenters. The summed E-state index contributed by atoms with van der Waals surface area (Å²) in [6, 6.07) is 0. The summed E-state index contributed by atoms with van der Waals surface area (Å²) in [6.45, 7) is 11.2. The van der Waals surface area contributed by atoms with Crippen molar-refractivity contribution in [2.75, 3.05) is 13.1 Å². The molecule has 1 saturated carbocycles. The molecular weight excluding hydrogens is 402 g/mol. The quantitative estimate of drug-likeness (QED) is 0.186. The van der Waals surface area contributed by atoms with Crippen LogP contribution < -0.4 is 0 Å². The molecule has 2 rings (SSSR count). The number of rotatable bonds is 18. The van der Waals surface area contributed by atoms with E-state index in [1.165, 1.54) is 116 Å². The van der Waals surface area contributed by atoms with E-state index in [0.29, 0.717) is 17.2 Å². The third kappa shape index (κ3) is 9.93. The van der Waals surface area contributed by atoms with Gasteiger partial charge in [-0.05, 0) is 62.2 Å². The van der Waals surface area contributed by atoms with Gasteiger partial charge in [0, 0.05) is 19.0 Å². The molecule has 2 aliphatic rings. The van der Waals surface area contributed by atoms with Crippen LogP contribution in [-0.2, 0) is 4.79 Å². The van der Waals surface area contributed by atoms with Crippen LogP contribution in [0.5, 0.6) is 0 Å². The number of nitrogens with zero attached hydrogens (tertiary/aromatic N) is 1. The Kier molecular flexibility index (Phi) is 14.1. The Morgan fingerprint density at radius 1 is 0.727 bits per heavy atom. The summed E-state index contributed by atoms with van der Waals surface area (Å²) in [5.41, 5.74) is 0.597. The lowest BCUT2D eigenvalue weighted by Crippen LogP contribution is -2.50. The number of piperidine rings is 1. The first-order chi connectivity index (χ1) is 16.1. The fraction of sp³-hybridized carbons (Fsp3) is 0.968. The van der Waals surface area contributed by atoms with Crippen molar-refractivity contribution in [3.8, 4) is 0 Å². The highest BCUT2D eigenvalue weighted by Gasteiger charge is 2.46. The molecule has 1 atom stereocenters. The van der Waals surface area contributed by atoms with E-state index in [1.807, 2.05) is 0 Å². The van der Waals surface area contributed by atoms with E-state index < -0.39 is 0 Å². The van der Waals surface area contributed by atoms with Crippen molar-refractivity contribution in [3.63, 3.8) is 0 Å². The fourth-order valence-electron chi connectivity index (χ4n) is 6.89. The van der Waals surface area contributed by atoms with Crippen molar-refractivity contribution < 1.29 is 4.79 Å². The van der Waals surface area contributed by atoms with Crippen molar-refractivity contribution in [2.45, 2.75) is 156 Å². The lowest BCUT2D eigenvalue weighted by molar-refractivity contribution is -0.140. The minimum atomic E-state index is 0.296. The average molecular weight is 462 g/mol. The molecule has 0 aromatic rings. The lowest BCUT2D eigenvalue weighted by atomic mass is 9.55. The second-order valence-corrected chi connectivity index (χ2v) is 12.0. The molecule has 1 heterocycles. The van der Waals surface area contributed by atoms with E-state index in [-0.39, 0.29) is 0 Å². The Hall–Kier alpha value is -0.530. The first-order valence-corrected chi connectivity index (χ1v) is 15.4. The van der Waals surface area contributed by atoms with Crippen LogP contribution in [0.2, 0.25) is 0 Å². The zero-order valence-electron chi connectivity index (χ0n) is 23.1. The molecule has 2 heteroatoms. The highest BCUT2D eigenvalue weighted by atomic mass is 16.2. The first-order valence-electron chi connectivity index (χ1n) is 15.4. The number of likely N-dealkylation sites (tertiary alicyclic amines) is 1. The van der Waals surface area contributed by atoms with Gasteiger partial charge in [-0.15, -0.1) is 0 Å². The highest BCUT2D eigenvalue weighted by molar-refractivity contribution is 5.79. The third-order valence-electron chi connectivity index (χ3n) is 9.09. The first kappa shape index (κ1) is 28.7. The maximum Gasteiger partial charge on any atom is 0.225 e. The van der Waals surface area contributed by atoms with Gasteiger partial charge in [-0.2, -0.15) is 0 Å². The molecule has 1 saturated heterocycles. The molecule has 0 bridgehead atoms. The minimum Gasteiger partial charge on any atom is -0.342 e. The van der Waals surface area contributed by atoms with Crippen LogP contribution >= 0.6 is 0 Å². The molecule has 1 aliphatic carbocycles. The molecule has 33 heavy (non-hydrogen) atoms. The van der Waals surface area contributed by atoms with Crippen LogP contribution in [0.15, 0.2) is 0 Å². The molecule has 194 valence electrons. The SMILES string of the molecule is CCCCCCC(CCCCC)CC1CC2(CCN(C(=O)C(CCCC)CCCC)CC2)C1. The molecular formula is C31H59NO. The van der Waals surface area contributed by atoms with Crippen molar-refractivity contribution in [3.05, 3.63) is 0 Å². The number of carbonyl (C=O) groups excluding carboxylic acids is 1. The number of hydrogen-bond donors (Lipinski definition) is 0. The molecule has 1 amide bonds. The maximum atomic E-state index is 13.2. The van der Waals surface area contributed by atoms with Crippen LogP contribution in [0, 0.1) is 23.2 Å². The smallest absolute Gasteiger partial charge is 0.225 e. The van der Waals surface area contributed by atoms with Gasteiger partial charge in [-0.1, -0.05) is 111 Å². The van der Waals surface area contributed by atoms with Crippen molar-refractivity contribution in [1.82, 2.24) is 4.90 Å². The summed E-state index contributed by atoms with van der Waals surface area (Å²) in [7, 11) is 0. The Morgan fingerprint density at radius 2 is 1.24 bits per heavy atom. The Morgan fingerprint density at radius 3 is 1.79 bits per heavy atom. The minimum absolute atomic E-state index is 0.296. The summed E-state index contributed by atoms with van der Waals surface area (Å²) >= 11 is 0. The number of unbranched alkanes of at least 4 members (excludes halogenated alkanes) is 7. The van der Waals surface area contributed by atoms with E-state index in [2.05, 4.69) is 32.6 Å². The van der Waals surface area contributed by atoms with Gasteiger partial charge in [-0.25, -0.2) is 0 Å². The number of carbonyl (C=O) groups is 1. The molecule has 2 nitrogen and oxygen atoms in total. The van der Waals surface area contributed by atoms with E-state index in [0.717, 1.165) is 37.8 Å². The van der Waals surface area contributed by atoms with Gasteiger partial charge in [0.05, 0.1) is 0 Å². The predicted molar refractivity (Wildman–Crippen MR) is 145 cm³/mol. The van der Waals surface area contributed by atoms with Crippen LogP contribution in [0.1, 0.15) is 156 Å². The molecule has 0 radical (unpaired) electrons. The molecule has 0 aromatic heterocycles. The van der Waals surface area contributed by atoms with E-state index in [9.17, 15) is 4.79 Å². The monoisotopic (exact) mass is 461 g/mol. The highest BCUT2D eigenvalue weighted by Crippen LogP contribution is 2.55. The summed E-state index contributed by atoms with van der Waals surface area (Å²) in [5.74, 6) is 2.75. The third-order valence-corrected chi connectivity index (χ3v) is 9.09. The molecule has 0 N–H and O–H groups in total. The van der Waals surface area contributed by atoms with E-state index >= 15 is 0 Å². The van der Waals surface area contributed by atoms with Gasteiger partial charge in [0.1, 0.15) is 0 Å². The lowest BCUT2D eigenvalue weighted by Gasteiger charge is -2.53. The fourth-order valence-corrected chi connectivity index (χ4v) is 6.89. The van der Waals surface area contributed by atoms with E-state index in [4.69, 9.17) is 0 Å². The summed E-state index contributed by atoms with van der Waals surface area (Å²) in [5, 5.41) is 0.